The number of hydrogen-bond acceptors (Lipinski definition) is 2. The monoisotopic (exact) mass is 238 g/mol. The van der Waals surface area contributed by atoms with Crippen LogP contribution in [0, 0.1) is 0 Å². The number of aliphatic hydroxyl groups excluding tert-OH is 1. The Labute approximate surface area is 97.4 Å². The Kier molecular flexibility index (Phi) is 3.24. The summed E-state index contributed by atoms with van der Waals surface area (Å²) in [6.45, 7) is -1.39. The quantitative estimate of drug-likeness (QED) is 0.886. The molecule has 0 bridgehead atoms. The van der Waals surface area contributed by atoms with Crippen molar-refractivity contribution in [3.05, 3.63) is 42.0 Å². The fraction of sp³-hybridized carbons (Fsp3) is 0.231. The van der Waals surface area contributed by atoms with Gasteiger partial charge >= 0.3 is 6.61 Å². The molecule has 0 aliphatic carbocycles. The van der Waals surface area contributed by atoms with Crippen molar-refractivity contribution < 1.29 is 18.6 Å². The first kappa shape index (κ1) is 11.8. The van der Waals surface area contributed by atoms with Crippen LogP contribution in [0.15, 0.2) is 36.4 Å². The van der Waals surface area contributed by atoms with Crippen molar-refractivity contribution in [2.24, 2.45) is 0 Å². The van der Waals surface area contributed by atoms with E-state index in [1.807, 2.05) is 6.07 Å². The molecule has 0 aromatic heterocycles. The largest absolute Gasteiger partial charge is 0.434 e. The van der Waals surface area contributed by atoms with E-state index in [4.69, 9.17) is 0 Å². The topological polar surface area (TPSA) is 29.5 Å². The van der Waals surface area contributed by atoms with Gasteiger partial charge in [-0.15, -0.1) is 0 Å². The third-order valence-electron chi connectivity index (χ3n) is 2.57. The van der Waals surface area contributed by atoms with Crippen molar-refractivity contribution in [3.8, 4) is 5.75 Å². The van der Waals surface area contributed by atoms with Crippen LogP contribution in [0.3, 0.4) is 0 Å². The van der Waals surface area contributed by atoms with Gasteiger partial charge < -0.3 is 9.84 Å². The average molecular weight is 238 g/mol. The molecule has 0 saturated heterocycles. The Morgan fingerprint density at radius 2 is 1.82 bits per heavy atom. The summed E-state index contributed by atoms with van der Waals surface area (Å²) in [6, 6.07) is 10.4. The zero-order valence-corrected chi connectivity index (χ0v) is 9.23. The zero-order valence-electron chi connectivity index (χ0n) is 9.23. The average Bonchev–Trinajstić information content (AvgIpc) is 2.28. The van der Waals surface area contributed by atoms with E-state index in [1.54, 1.807) is 30.3 Å². The fourth-order valence-electron chi connectivity index (χ4n) is 1.81. The van der Waals surface area contributed by atoms with E-state index in [9.17, 15) is 13.9 Å². The minimum Gasteiger partial charge on any atom is -0.434 e. The van der Waals surface area contributed by atoms with E-state index in [1.165, 1.54) is 6.92 Å². The second kappa shape index (κ2) is 4.67. The molecule has 17 heavy (non-hydrogen) atoms. The van der Waals surface area contributed by atoms with Crippen LogP contribution in [0.4, 0.5) is 8.78 Å². The minimum absolute atomic E-state index is 0.0492. The first-order valence-electron chi connectivity index (χ1n) is 5.24. The summed E-state index contributed by atoms with van der Waals surface area (Å²) in [6.07, 6.45) is -0.853. The number of benzene rings is 2. The van der Waals surface area contributed by atoms with E-state index in [-0.39, 0.29) is 5.75 Å². The molecule has 2 nitrogen and oxygen atoms in total. The van der Waals surface area contributed by atoms with E-state index < -0.39 is 12.7 Å². The van der Waals surface area contributed by atoms with Gasteiger partial charge in [0.05, 0.1) is 6.10 Å². The Morgan fingerprint density at radius 3 is 2.47 bits per heavy atom. The van der Waals surface area contributed by atoms with Crippen molar-refractivity contribution in [2.45, 2.75) is 19.6 Å². The summed E-state index contributed by atoms with van der Waals surface area (Å²) >= 11 is 0. The first-order chi connectivity index (χ1) is 8.09. The predicted molar refractivity (Wildman–Crippen MR) is 61.2 cm³/mol. The lowest BCUT2D eigenvalue weighted by Gasteiger charge is -2.15. The van der Waals surface area contributed by atoms with Gasteiger partial charge in [-0.2, -0.15) is 8.78 Å². The molecule has 0 saturated carbocycles. The van der Waals surface area contributed by atoms with Crippen LogP contribution in [-0.4, -0.2) is 11.7 Å². The van der Waals surface area contributed by atoms with Crippen LogP contribution in [0.2, 0.25) is 0 Å². The van der Waals surface area contributed by atoms with Crippen molar-refractivity contribution in [3.63, 3.8) is 0 Å². The molecule has 90 valence electrons. The summed E-state index contributed by atoms with van der Waals surface area (Å²) < 4.78 is 29.3. The maximum atomic E-state index is 12.4. The number of aliphatic hydroxyl groups is 1. The number of alkyl halides is 2. The van der Waals surface area contributed by atoms with E-state index in [0.717, 1.165) is 5.39 Å². The van der Waals surface area contributed by atoms with Crippen molar-refractivity contribution >= 4 is 10.8 Å². The van der Waals surface area contributed by atoms with Gasteiger partial charge in [0.25, 0.3) is 0 Å². The summed E-state index contributed by atoms with van der Waals surface area (Å²) in [5, 5.41) is 10.9. The molecule has 0 radical (unpaired) electrons. The van der Waals surface area contributed by atoms with Crippen LogP contribution in [-0.2, 0) is 0 Å². The van der Waals surface area contributed by atoms with Crippen molar-refractivity contribution in [2.75, 3.05) is 0 Å². The molecule has 0 unspecified atom stereocenters. The number of hydrogen-bond donors (Lipinski definition) is 1. The third-order valence-corrected chi connectivity index (χ3v) is 2.57. The maximum Gasteiger partial charge on any atom is 0.387 e. The SMILES string of the molecule is C[C@@H](O)c1ccc2ccccc2c1OC(F)F. The van der Waals surface area contributed by atoms with Gasteiger partial charge in [0.1, 0.15) is 5.75 Å². The highest BCUT2D eigenvalue weighted by Crippen LogP contribution is 2.34. The van der Waals surface area contributed by atoms with E-state index in [0.29, 0.717) is 10.9 Å². The lowest BCUT2D eigenvalue weighted by atomic mass is 10.0. The number of halogens is 2. The second-order valence-corrected chi connectivity index (χ2v) is 3.76. The molecule has 1 N–H and O–H groups in total. The fourth-order valence-corrected chi connectivity index (χ4v) is 1.81. The van der Waals surface area contributed by atoms with Crippen LogP contribution in [0.5, 0.6) is 5.75 Å². The van der Waals surface area contributed by atoms with Crippen molar-refractivity contribution in [1.29, 1.82) is 0 Å². The van der Waals surface area contributed by atoms with Gasteiger partial charge in [-0.05, 0) is 12.3 Å². The lowest BCUT2D eigenvalue weighted by molar-refractivity contribution is -0.0503. The molecule has 2 aromatic rings. The number of rotatable bonds is 3. The minimum atomic E-state index is -2.90. The summed E-state index contributed by atoms with van der Waals surface area (Å²) in [5.74, 6) is 0.0492. The number of fused-ring (bicyclic) bond motifs is 1. The van der Waals surface area contributed by atoms with Crippen LogP contribution in [0.1, 0.15) is 18.6 Å². The molecule has 0 amide bonds. The highest BCUT2D eigenvalue weighted by molar-refractivity contribution is 5.89. The van der Waals surface area contributed by atoms with Gasteiger partial charge in [0.2, 0.25) is 0 Å². The van der Waals surface area contributed by atoms with Gasteiger partial charge in [-0.3, -0.25) is 0 Å². The highest BCUT2D eigenvalue weighted by atomic mass is 19.3. The molecule has 0 fully saturated rings. The lowest BCUT2D eigenvalue weighted by Crippen LogP contribution is -2.06. The van der Waals surface area contributed by atoms with Gasteiger partial charge in [0.15, 0.2) is 0 Å². The summed E-state index contributed by atoms with van der Waals surface area (Å²) in [4.78, 5) is 0. The van der Waals surface area contributed by atoms with Crippen LogP contribution >= 0.6 is 0 Å². The standard InChI is InChI=1S/C13H12F2O2/c1-8(16)10-7-6-9-4-2-3-5-11(9)12(10)17-13(14)15/h2-8,13,16H,1H3/t8-/m1/s1. The molecule has 0 heterocycles. The molecule has 1 atom stereocenters. The Balaban J connectivity index is 2.66. The Morgan fingerprint density at radius 1 is 1.12 bits per heavy atom. The Hall–Kier alpha value is -1.68. The normalized spacial score (nSPS) is 13.0. The van der Waals surface area contributed by atoms with Crippen LogP contribution < -0.4 is 4.74 Å². The first-order valence-corrected chi connectivity index (χ1v) is 5.24. The zero-order chi connectivity index (χ0) is 12.4. The van der Waals surface area contributed by atoms with Gasteiger partial charge in [-0.1, -0.05) is 36.4 Å². The van der Waals surface area contributed by atoms with Gasteiger partial charge in [0, 0.05) is 10.9 Å². The summed E-state index contributed by atoms with van der Waals surface area (Å²) in [5.41, 5.74) is 0.365. The maximum absolute atomic E-state index is 12.4. The smallest absolute Gasteiger partial charge is 0.387 e. The third kappa shape index (κ3) is 2.36. The highest BCUT2D eigenvalue weighted by Gasteiger charge is 2.16. The van der Waals surface area contributed by atoms with E-state index >= 15 is 0 Å². The molecular formula is C13H12F2O2. The molecule has 4 heteroatoms. The molecular weight excluding hydrogens is 226 g/mol. The molecule has 0 spiro atoms. The molecule has 2 rings (SSSR count). The van der Waals surface area contributed by atoms with Gasteiger partial charge in [-0.25, -0.2) is 0 Å². The summed E-state index contributed by atoms with van der Waals surface area (Å²) in [7, 11) is 0. The van der Waals surface area contributed by atoms with Crippen molar-refractivity contribution in [1.82, 2.24) is 0 Å². The number of ether oxygens (including phenoxy) is 1. The second-order valence-electron chi connectivity index (χ2n) is 3.76. The predicted octanol–water partition coefficient (Wildman–Crippen LogP) is 3.49. The van der Waals surface area contributed by atoms with Crippen LogP contribution in [0.25, 0.3) is 10.8 Å². The molecule has 0 aliphatic rings. The molecule has 0 aliphatic heterocycles. The molecule has 2 aromatic carbocycles. The Bertz CT molecular complexity index is 524. The van der Waals surface area contributed by atoms with E-state index in [2.05, 4.69) is 4.74 Å².